The van der Waals surface area contributed by atoms with E-state index in [0.717, 1.165) is 0 Å². The summed E-state index contributed by atoms with van der Waals surface area (Å²) in [6.45, 7) is 0. The molecule has 0 aliphatic carbocycles. The fourth-order valence-electron chi connectivity index (χ4n) is 6.54. The van der Waals surface area contributed by atoms with Crippen LogP contribution in [0.4, 0.5) is 0 Å². The van der Waals surface area contributed by atoms with Crippen LogP contribution in [-0.4, -0.2) is 0 Å². The summed E-state index contributed by atoms with van der Waals surface area (Å²) in [6.07, 6.45) is 0. The van der Waals surface area contributed by atoms with Gasteiger partial charge in [0.25, 0.3) is 0 Å². The molecular weight excluding hydrogens is 1050 g/mol. The first kappa shape index (κ1) is 45.8. The molecule has 299 valence electrons. The molecule has 0 aromatic heterocycles. The van der Waals surface area contributed by atoms with Crippen LogP contribution in [0.5, 0.6) is 0 Å². The van der Waals surface area contributed by atoms with E-state index in [9.17, 15) is 0 Å². The van der Waals surface area contributed by atoms with Crippen LogP contribution in [0.25, 0.3) is 0 Å². The molecule has 0 radical (unpaired) electrons. The van der Waals surface area contributed by atoms with Crippen molar-refractivity contribution in [2.75, 3.05) is 0 Å². The third-order valence-corrected chi connectivity index (χ3v) is 16.5. The SMILES string of the molecule is [I][Co][I].c1ccc(P(c2ccccc2)c2ccccc2)cc1.c1ccc(P(c2ccccc2)c2ccccc2)cc1.c1ccc(P(c2ccccc2)c2ccccc2)cc1. The van der Waals surface area contributed by atoms with Crippen LogP contribution in [0.15, 0.2) is 273 Å². The predicted octanol–water partition coefficient (Wildman–Crippen LogP) is 12.1. The Kier molecular flexibility index (Phi) is 20.2. The van der Waals surface area contributed by atoms with Gasteiger partial charge in [0.05, 0.1) is 0 Å². The molecule has 0 saturated heterocycles. The number of hydrogen-bond acceptors (Lipinski definition) is 0. The predicted molar refractivity (Wildman–Crippen MR) is 283 cm³/mol. The molecule has 0 fully saturated rings. The monoisotopic (exact) mass is 1100 g/mol. The molecular formula is C54H45CoI2P3. The van der Waals surface area contributed by atoms with Crippen molar-refractivity contribution in [1.29, 1.82) is 0 Å². The van der Waals surface area contributed by atoms with Crippen LogP contribution in [0.2, 0.25) is 0 Å². The molecule has 0 saturated carbocycles. The molecule has 9 rings (SSSR count). The van der Waals surface area contributed by atoms with Gasteiger partial charge in [-0.2, -0.15) is 0 Å². The van der Waals surface area contributed by atoms with Gasteiger partial charge in [-0.15, -0.1) is 0 Å². The van der Waals surface area contributed by atoms with E-state index in [1.54, 1.807) is 0 Å². The molecule has 0 amide bonds. The van der Waals surface area contributed by atoms with Crippen LogP contribution in [0.3, 0.4) is 0 Å². The fourth-order valence-corrected chi connectivity index (χ4v) is 13.5. The second-order valence-electron chi connectivity index (χ2n) is 13.1. The van der Waals surface area contributed by atoms with Crippen molar-refractivity contribution in [1.82, 2.24) is 0 Å². The molecule has 0 atom stereocenters. The average Bonchev–Trinajstić information content (AvgIpc) is 3.33. The molecule has 0 bridgehead atoms. The largest absolute Gasteiger partial charge is 0.0622 e. The number of rotatable bonds is 9. The normalized spacial score (nSPS) is 10.4. The smallest absolute Gasteiger partial charge is 0.0134 e. The summed E-state index contributed by atoms with van der Waals surface area (Å²) >= 11 is 4.49. The van der Waals surface area contributed by atoms with Crippen LogP contribution in [0, 0.1) is 0 Å². The van der Waals surface area contributed by atoms with Gasteiger partial charge < -0.3 is 0 Å². The summed E-state index contributed by atoms with van der Waals surface area (Å²) < 4.78 is 0. The first-order chi connectivity index (χ1) is 29.8. The molecule has 0 spiro atoms. The van der Waals surface area contributed by atoms with Gasteiger partial charge in [0, 0.05) is 0 Å². The quantitative estimate of drug-likeness (QED) is 0.0998. The minimum Gasteiger partial charge on any atom is -0.0622 e. The average molecular weight is 1100 g/mol. The van der Waals surface area contributed by atoms with Gasteiger partial charge in [0.15, 0.2) is 0 Å². The third kappa shape index (κ3) is 14.1. The summed E-state index contributed by atoms with van der Waals surface area (Å²) in [5, 5.41) is 12.6. The number of halogens is 2. The van der Waals surface area contributed by atoms with Gasteiger partial charge in [0.1, 0.15) is 0 Å². The zero-order valence-corrected chi connectivity index (χ0v) is 41.0. The Morgan fingerprint density at radius 2 is 0.267 bits per heavy atom. The Bertz CT molecular complexity index is 1890. The molecule has 0 N–H and O–H groups in total. The molecule has 0 nitrogen and oxygen atoms in total. The topological polar surface area (TPSA) is 0 Å². The Labute approximate surface area is 389 Å². The van der Waals surface area contributed by atoms with Crippen LogP contribution in [-0.2, 0) is 8.26 Å². The molecule has 0 aliphatic rings. The standard InChI is InChI=1S/3C18H15P.Co.2HI/c3*1-4-10-16(11-5-1)19(17-12-6-2-7-13-17)18-14-8-3-9-15-18;;;/h3*1-15H;;2*1H/q;;;+2;;/p-2. The van der Waals surface area contributed by atoms with Crippen molar-refractivity contribution in [3.8, 4) is 0 Å². The molecule has 0 aliphatic heterocycles. The van der Waals surface area contributed by atoms with Gasteiger partial charge in [-0.25, -0.2) is 0 Å². The first-order valence-corrected chi connectivity index (χ1v) is 30.2. The van der Waals surface area contributed by atoms with Gasteiger partial charge in [-0.05, 0) is 71.5 Å². The number of hydrogen-bond donors (Lipinski definition) is 0. The van der Waals surface area contributed by atoms with Gasteiger partial charge in [0.2, 0.25) is 0 Å². The number of benzene rings is 9. The van der Waals surface area contributed by atoms with Crippen molar-refractivity contribution in [3.63, 3.8) is 0 Å². The van der Waals surface area contributed by atoms with E-state index in [2.05, 4.69) is 314 Å². The van der Waals surface area contributed by atoms with E-state index in [-0.39, 0.29) is 0 Å². The van der Waals surface area contributed by atoms with Crippen molar-refractivity contribution < 1.29 is 8.26 Å². The molecule has 0 unspecified atom stereocenters. The van der Waals surface area contributed by atoms with E-state index >= 15 is 0 Å². The van der Waals surface area contributed by atoms with E-state index in [0.29, 0.717) is 0 Å². The maximum absolute atomic E-state index is 2.24. The summed E-state index contributed by atoms with van der Waals surface area (Å²) in [5.74, 6) is 0. The molecule has 6 heteroatoms. The van der Waals surface area contributed by atoms with Crippen LogP contribution < -0.4 is 47.7 Å². The third-order valence-electron chi connectivity index (χ3n) is 9.13. The van der Waals surface area contributed by atoms with Gasteiger partial charge in [-0.3, -0.25) is 0 Å². The summed E-state index contributed by atoms with van der Waals surface area (Å²) in [7, 11) is 0.0395. The Hall–Kier alpha value is -3.76. The molecule has 9 aromatic rings. The van der Waals surface area contributed by atoms with E-state index in [1.807, 2.05) is 0 Å². The molecule has 0 heterocycles. The van der Waals surface area contributed by atoms with Crippen LogP contribution in [0.1, 0.15) is 0 Å². The van der Waals surface area contributed by atoms with E-state index in [4.69, 9.17) is 0 Å². The zero-order chi connectivity index (χ0) is 41.5. The van der Waals surface area contributed by atoms with Crippen molar-refractivity contribution in [2.24, 2.45) is 0 Å². The summed E-state index contributed by atoms with van der Waals surface area (Å²) in [4.78, 5) is 0. The van der Waals surface area contributed by atoms with Crippen LogP contribution >= 0.6 is 64.6 Å². The summed E-state index contributed by atoms with van der Waals surface area (Å²) in [5.41, 5.74) is 0. The maximum Gasteiger partial charge on any atom is -0.0134 e. The second-order valence-corrected chi connectivity index (χ2v) is 28.5. The molecule has 9 aromatic carbocycles. The second kappa shape index (κ2) is 26.5. The van der Waals surface area contributed by atoms with Gasteiger partial charge in [-0.1, -0.05) is 273 Å². The first-order valence-electron chi connectivity index (χ1n) is 19.5. The minimum atomic E-state index is -0.446. The van der Waals surface area contributed by atoms with Crippen molar-refractivity contribution in [3.05, 3.63) is 273 Å². The maximum atomic E-state index is 2.24. The Balaban J connectivity index is 0.000000146. The van der Waals surface area contributed by atoms with E-state index in [1.165, 1.54) is 56.0 Å². The van der Waals surface area contributed by atoms with Gasteiger partial charge >= 0.3 is 49.1 Å². The van der Waals surface area contributed by atoms with Crippen molar-refractivity contribution >= 4 is 112 Å². The van der Waals surface area contributed by atoms with E-state index < -0.39 is 23.8 Å². The van der Waals surface area contributed by atoms with Crippen molar-refractivity contribution in [2.45, 2.75) is 0 Å². The zero-order valence-electron chi connectivity index (χ0n) is 32.9. The minimum absolute atomic E-state index is 0.446. The Morgan fingerprint density at radius 1 is 0.183 bits per heavy atom. The Morgan fingerprint density at radius 3 is 0.350 bits per heavy atom. The molecule has 60 heavy (non-hydrogen) atoms. The fraction of sp³-hybridized carbons (Fsp3) is 0. The summed E-state index contributed by atoms with van der Waals surface area (Å²) in [6, 6.07) is 97.0.